The number of fused-ring (bicyclic) bond motifs is 3. The Labute approximate surface area is 143 Å². The molecule has 0 bridgehead atoms. The zero-order valence-corrected chi connectivity index (χ0v) is 15.0. The van der Waals surface area contributed by atoms with E-state index < -0.39 is 0 Å². The molecule has 2 nitrogen and oxygen atoms in total. The van der Waals surface area contributed by atoms with E-state index in [9.17, 15) is 0 Å². The van der Waals surface area contributed by atoms with Gasteiger partial charge in [-0.25, -0.2) is 4.57 Å². The molecule has 0 fully saturated rings. The Hall–Kier alpha value is -2.61. The summed E-state index contributed by atoms with van der Waals surface area (Å²) in [4.78, 5) is 0. The van der Waals surface area contributed by atoms with Gasteiger partial charge in [0.05, 0.1) is 7.05 Å². The van der Waals surface area contributed by atoms with Gasteiger partial charge in [-0.3, -0.25) is 0 Å². The summed E-state index contributed by atoms with van der Waals surface area (Å²) >= 11 is 0. The van der Waals surface area contributed by atoms with Gasteiger partial charge in [-0.05, 0) is 68.7 Å². The lowest BCUT2D eigenvalue weighted by Gasteiger charge is -2.08. The molecule has 0 saturated carbocycles. The van der Waals surface area contributed by atoms with Gasteiger partial charge in [-0.2, -0.15) is 4.57 Å². The second-order valence-electron chi connectivity index (χ2n) is 6.84. The summed E-state index contributed by atoms with van der Waals surface area (Å²) in [5, 5.41) is 2.65. The van der Waals surface area contributed by atoms with Crippen LogP contribution in [0.25, 0.3) is 27.6 Å². The first-order valence-electron chi connectivity index (χ1n) is 8.46. The average Bonchev–Trinajstić information content (AvgIpc) is 2.87. The van der Waals surface area contributed by atoms with Crippen LogP contribution in [0.1, 0.15) is 22.4 Å². The van der Waals surface area contributed by atoms with E-state index in [1.54, 1.807) is 0 Å². The van der Waals surface area contributed by atoms with Gasteiger partial charge in [0.25, 0.3) is 5.82 Å². The molecule has 0 saturated heterocycles. The van der Waals surface area contributed by atoms with Gasteiger partial charge in [-0.1, -0.05) is 18.2 Å². The number of nitrogens with zero attached hydrogens (tertiary/aromatic N) is 2. The van der Waals surface area contributed by atoms with Crippen LogP contribution in [0, 0.1) is 27.7 Å². The van der Waals surface area contributed by atoms with Gasteiger partial charge in [0.1, 0.15) is 16.7 Å². The Kier molecular flexibility index (Phi) is 3.24. The van der Waals surface area contributed by atoms with Crippen LogP contribution in [0.15, 0.2) is 48.5 Å². The number of hydrogen-bond acceptors (Lipinski definition) is 0. The third kappa shape index (κ3) is 1.99. The molecular weight excluding hydrogens is 292 g/mol. The van der Waals surface area contributed by atoms with Crippen molar-refractivity contribution in [3.63, 3.8) is 0 Å². The van der Waals surface area contributed by atoms with Crippen molar-refractivity contribution in [2.24, 2.45) is 7.05 Å². The number of rotatable bonds is 1. The molecule has 0 spiro atoms. The van der Waals surface area contributed by atoms with Crippen molar-refractivity contribution in [1.29, 1.82) is 0 Å². The molecule has 0 unspecified atom stereocenters. The molecule has 0 aliphatic rings. The van der Waals surface area contributed by atoms with E-state index >= 15 is 0 Å². The van der Waals surface area contributed by atoms with Gasteiger partial charge >= 0.3 is 0 Å². The highest BCUT2D eigenvalue weighted by Gasteiger charge is 2.23. The van der Waals surface area contributed by atoms with E-state index in [0.29, 0.717) is 0 Å². The predicted octanol–water partition coefficient (Wildman–Crippen LogP) is 4.84. The third-order valence-corrected chi connectivity index (χ3v) is 5.29. The lowest BCUT2D eigenvalue weighted by Crippen LogP contribution is -2.37. The number of pyridine rings is 1. The van der Waals surface area contributed by atoms with E-state index in [0.717, 1.165) is 0 Å². The maximum Gasteiger partial charge on any atom is 0.286 e. The molecule has 4 aromatic rings. The number of aromatic nitrogens is 2. The first-order chi connectivity index (χ1) is 11.5. The van der Waals surface area contributed by atoms with Crippen LogP contribution in [-0.2, 0) is 7.05 Å². The topological polar surface area (TPSA) is 8.81 Å². The van der Waals surface area contributed by atoms with E-state index in [1.807, 2.05) is 0 Å². The number of benzene rings is 2. The zero-order chi connectivity index (χ0) is 17.0. The van der Waals surface area contributed by atoms with Crippen LogP contribution < -0.4 is 4.57 Å². The van der Waals surface area contributed by atoms with Crippen LogP contribution in [0.4, 0.5) is 0 Å². The van der Waals surface area contributed by atoms with Gasteiger partial charge in [0, 0.05) is 16.8 Å². The molecule has 0 atom stereocenters. The van der Waals surface area contributed by atoms with Gasteiger partial charge < -0.3 is 0 Å². The first-order valence-corrected chi connectivity index (χ1v) is 8.46. The van der Waals surface area contributed by atoms with E-state index in [2.05, 4.69) is 92.4 Å². The highest BCUT2D eigenvalue weighted by molar-refractivity contribution is 6.10. The second-order valence-corrected chi connectivity index (χ2v) is 6.84. The fraction of sp³-hybridized carbons (Fsp3) is 0.227. The molecule has 24 heavy (non-hydrogen) atoms. The van der Waals surface area contributed by atoms with Gasteiger partial charge in [-0.15, -0.1) is 0 Å². The maximum atomic E-state index is 2.42. The molecule has 0 aliphatic carbocycles. The lowest BCUT2D eigenvalue weighted by molar-refractivity contribution is -0.671. The van der Waals surface area contributed by atoms with Crippen molar-refractivity contribution < 1.29 is 4.57 Å². The quantitative estimate of drug-likeness (QED) is 0.444. The SMILES string of the molecule is Cc1ccc2c3ccc(C)c(C)c3n(-c3cccc(C)[n+]3C)c2c1. The molecule has 2 aromatic heterocycles. The summed E-state index contributed by atoms with van der Waals surface area (Å²) in [6.07, 6.45) is 0. The molecule has 0 N–H and O–H groups in total. The summed E-state index contributed by atoms with van der Waals surface area (Å²) in [5.74, 6) is 1.20. The van der Waals surface area contributed by atoms with Crippen molar-refractivity contribution in [2.45, 2.75) is 27.7 Å². The smallest absolute Gasteiger partial charge is 0.234 e. The molecule has 0 amide bonds. The van der Waals surface area contributed by atoms with Crippen molar-refractivity contribution >= 4 is 21.8 Å². The number of hydrogen-bond donors (Lipinski definition) is 0. The minimum Gasteiger partial charge on any atom is -0.234 e. The first kappa shape index (κ1) is 14.9. The lowest BCUT2D eigenvalue weighted by atomic mass is 10.0. The Balaban J connectivity index is 2.29. The largest absolute Gasteiger partial charge is 0.286 e. The standard InChI is InChI=1S/C22H23N2/c1-14-9-11-18-19-12-10-15(2)17(4)22(19)24(20(18)13-14)21-8-6-7-16(3)23(21)5/h6-13H,1-5H3/q+1. The highest BCUT2D eigenvalue weighted by atomic mass is 15.1. The summed E-state index contributed by atoms with van der Waals surface area (Å²) in [7, 11) is 2.14. The molecule has 4 rings (SSSR count). The summed E-state index contributed by atoms with van der Waals surface area (Å²) in [5.41, 5.74) is 7.81. The minimum absolute atomic E-state index is 1.20. The monoisotopic (exact) mass is 315 g/mol. The van der Waals surface area contributed by atoms with Crippen molar-refractivity contribution in [2.75, 3.05) is 0 Å². The minimum atomic E-state index is 1.20. The molecule has 0 aliphatic heterocycles. The fourth-order valence-corrected chi connectivity index (χ4v) is 3.62. The van der Waals surface area contributed by atoms with Crippen LogP contribution in [0.5, 0.6) is 0 Å². The Morgan fingerprint density at radius 3 is 2.38 bits per heavy atom. The fourth-order valence-electron chi connectivity index (χ4n) is 3.62. The van der Waals surface area contributed by atoms with Crippen LogP contribution >= 0.6 is 0 Å². The van der Waals surface area contributed by atoms with E-state index in [-0.39, 0.29) is 0 Å². The van der Waals surface area contributed by atoms with Crippen molar-refractivity contribution in [1.82, 2.24) is 4.57 Å². The second kappa shape index (κ2) is 5.20. The molecule has 0 radical (unpaired) electrons. The van der Waals surface area contributed by atoms with Crippen LogP contribution in [0.2, 0.25) is 0 Å². The van der Waals surface area contributed by atoms with Gasteiger partial charge in [0.2, 0.25) is 0 Å². The highest BCUT2D eigenvalue weighted by Crippen LogP contribution is 2.34. The zero-order valence-electron chi connectivity index (χ0n) is 15.0. The van der Waals surface area contributed by atoms with E-state index in [4.69, 9.17) is 0 Å². The predicted molar refractivity (Wildman–Crippen MR) is 101 cm³/mol. The normalized spacial score (nSPS) is 11.5. The van der Waals surface area contributed by atoms with Crippen molar-refractivity contribution in [3.05, 3.63) is 70.9 Å². The molecule has 2 aromatic carbocycles. The van der Waals surface area contributed by atoms with Crippen LogP contribution in [0.3, 0.4) is 0 Å². The molecule has 120 valence electrons. The van der Waals surface area contributed by atoms with Crippen molar-refractivity contribution in [3.8, 4) is 5.82 Å². The molecule has 2 heterocycles. The maximum absolute atomic E-state index is 2.42. The van der Waals surface area contributed by atoms with Crippen LogP contribution in [-0.4, -0.2) is 4.57 Å². The Morgan fingerprint density at radius 1 is 0.833 bits per heavy atom. The summed E-state index contributed by atoms with van der Waals surface area (Å²) < 4.78 is 4.69. The average molecular weight is 315 g/mol. The van der Waals surface area contributed by atoms with E-state index in [1.165, 1.54) is 50.0 Å². The Bertz CT molecular complexity index is 1100. The summed E-state index contributed by atoms with van der Waals surface area (Å²) in [6, 6.07) is 17.8. The molecular formula is C22H23N2+. The molecule has 2 heteroatoms. The Morgan fingerprint density at radius 2 is 1.58 bits per heavy atom. The third-order valence-electron chi connectivity index (χ3n) is 5.29. The summed E-state index contributed by atoms with van der Waals surface area (Å²) in [6.45, 7) is 8.74. The number of aryl methyl sites for hydroxylation is 4. The van der Waals surface area contributed by atoms with Gasteiger partial charge in [0.15, 0.2) is 0 Å².